The molecule has 3 N–H and O–H groups in total. The van der Waals surface area contributed by atoms with Gasteiger partial charge in [0, 0.05) is 6.42 Å². The normalized spacial score (nSPS) is 15.1. The lowest BCUT2D eigenvalue weighted by Gasteiger charge is -2.15. The molecule has 1 atom stereocenters. The quantitative estimate of drug-likeness (QED) is 0.534. The summed E-state index contributed by atoms with van der Waals surface area (Å²) in [5, 5.41) is 15.2. The maximum atomic E-state index is 12.6. The van der Waals surface area contributed by atoms with E-state index >= 15 is 0 Å². The Balaban J connectivity index is 1.73. The van der Waals surface area contributed by atoms with Gasteiger partial charge in [-0.2, -0.15) is 5.10 Å². The van der Waals surface area contributed by atoms with Gasteiger partial charge in [-0.15, -0.1) is 0 Å². The Hall–Kier alpha value is -4.21. The molecule has 2 heterocycles. The number of ether oxygens (including phenoxy) is 3. The largest absolute Gasteiger partial charge is 0.495 e. The summed E-state index contributed by atoms with van der Waals surface area (Å²) in [6.07, 6.45) is 0.302. The molecule has 0 amide bonds. The highest BCUT2D eigenvalue weighted by molar-refractivity contribution is 6.03. The highest BCUT2D eigenvalue weighted by Gasteiger charge is 2.28. The van der Waals surface area contributed by atoms with Crippen molar-refractivity contribution in [2.75, 3.05) is 21.3 Å². The van der Waals surface area contributed by atoms with Gasteiger partial charge in [0.05, 0.1) is 38.8 Å². The van der Waals surface area contributed by atoms with E-state index in [1.54, 1.807) is 44.6 Å². The standard InChI is InChI=1S/C22H22N4O6/c1-30-16-7-5-4-6-15(16)26-21(28)19(20(27)23-22(26)29)14-11-13(24-25-14)12-8-9-17(31-2)18(10-12)32-3/h4-10,13,24,28H,11H2,1-3H3,(H,23,27,29)/t13-/m1/s1. The van der Waals surface area contributed by atoms with E-state index in [-0.39, 0.29) is 17.3 Å². The van der Waals surface area contributed by atoms with Crippen molar-refractivity contribution >= 4 is 5.71 Å². The number of methoxy groups -OCH3 is 3. The Bertz CT molecular complexity index is 1310. The molecule has 1 aliphatic heterocycles. The first kappa shape index (κ1) is 21.0. The van der Waals surface area contributed by atoms with Crippen LogP contribution < -0.4 is 30.9 Å². The zero-order valence-corrected chi connectivity index (χ0v) is 17.7. The minimum absolute atomic E-state index is 0.0917. The number of benzene rings is 2. The first-order valence-corrected chi connectivity index (χ1v) is 9.74. The minimum Gasteiger partial charge on any atom is -0.495 e. The van der Waals surface area contributed by atoms with Crippen molar-refractivity contribution in [1.82, 2.24) is 15.0 Å². The number of H-pyrrole nitrogens is 1. The van der Waals surface area contributed by atoms with Crippen LogP contribution in [0.15, 0.2) is 57.2 Å². The van der Waals surface area contributed by atoms with Crippen LogP contribution in [0.1, 0.15) is 23.6 Å². The van der Waals surface area contributed by atoms with Gasteiger partial charge in [0.1, 0.15) is 11.3 Å². The monoisotopic (exact) mass is 438 g/mol. The summed E-state index contributed by atoms with van der Waals surface area (Å²) < 4.78 is 16.9. The van der Waals surface area contributed by atoms with Gasteiger partial charge in [-0.1, -0.05) is 18.2 Å². The number of hydrogen-bond donors (Lipinski definition) is 3. The molecular formula is C22H22N4O6. The summed E-state index contributed by atoms with van der Waals surface area (Å²) in [6.45, 7) is 0. The molecule has 1 aliphatic rings. The van der Waals surface area contributed by atoms with Crippen LogP contribution in [-0.4, -0.2) is 41.7 Å². The maximum Gasteiger partial charge on any atom is 0.335 e. The highest BCUT2D eigenvalue weighted by Crippen LogP contribution is 2.34. The van der Waals surface area contributed by atoms with Crippen molar-refractivity contribution in [2.45, 2.75) is 12.5 Å². The zero-order valence-electron chi connectivity index (χ0n) is 17.7. The van der Waals surface area contributed by atoms with E-state index in [1.807, 2.05) is 12.1 Å². The third-order valence-electron chi connectivity index (χ3n) is 5.26. The molecule has 0 spiro atoms. The smallest absolute Gasteiger partial charge is 0.335 e. The van der Waals surface area contributed by atoms with Gasteiger partial charge in [0.15, 0.2) is 11.5 Å². The zero-order chi connectivity index (χ0) is 22.8. The van der Waals surface area contributed by atoms with Gasteiger partial charge in [-0.05, 0) is 29.8 Å². The van der Waals surface area contributed by atoms with Gasteiger partial charge in [-0.25, -0.2) is 9.36 Å². The number of nitrogens with zero attached hydrogens (tertiary/aromatic N) is 2. The van der Waals surface area contributed by atoms with Crippen LogP contribution in [-0.2, 0) is 0 Å². The van der Waals surface area contributed by atoms with E-state index in [9.17, 15) is 14.7 Å². The molecule has 0 radical (unpaired) electrons. The van der Waals surface area contributed by atoms with Gasteiger partial charge < -0.3 is 24.7 Å². The molecular weight excluding hydrogens is 416 g/mol. The fourth-order valence-electron chi connectivity index (χ4n) is 3.68. The second-order valence-electron chi connectivity index (χ2n) is 7.02. The van der Waals surface area contributed by atoms with E-state index in [4.69, 9.17) is 14.2 Å². The Kier molecular flexibility index (Phi) is 5.59. The van der Waals surface area contributed by atoms with Crippen molar-refractivity contribution in [2.24, 2.45) is 5.10 Å². The van der Waals surface area contributed by atoms with Crippen LogP contribution in [0.5, 0.6) is 23.1 Å². The first-order valence-electron chi connectivity index (χ1n) is 9.74. The molecule has 166 valence electrons. The molecule has 0 bridgehead atoms. The van der Waals surface area contributed by atoms with E-state index in [1.165, 1.54) is 7.11 Å². The van der Waals surface area contributed by atoms with E-state index in [0.717, 1.165) is 10.1 Å². The van der Waals surface area contributed by atoms with E-state index in [2.05, 4.69) is 15.5 Å². The third kappa shape index (κ3) is 3.55. The summed E-state index contributed by atoms with van der Waals surface area (Å²) in [5.41, 5.74) is 2.83. The van der Waals surface area contributed by atoms with Crippen LogP contribution in [0, 0.1) is 0 Å². The van der Waals surface area contributed by atoms with Crippen LogP contribution >= 0.6 is 0 Å². The second kappa shape index (κ2) is 8.50. The van der Waals surface area contributed by atoms with Gasteiger partial charge in [-0.3, -0.25) is 9.78 Å². The molecule has 0 saturated heterocycles. The lowest BCUT2D eigenvalue weighted by Crippen LogP contribution is -2.33. The Labute approximate surface area is 182 Å². The molecule has 32 heavy (non-hydrogen) atoms. The van der Waals surface area contributed by atoms with Crippen LogP contribution in [0.3, 0.4) is 0 Å². The Morgan fingerprint density at radius 1 is 1.00 bits per heavy atom. The molecule has 0 unspecified atom stereocenters. The van der Waals surface area contributed by atoms with Gasteiger partial charge >= 0.3 is 5.69 Å². The van der Waals surface area contributed by atoms with Gasteiger partial charge in [0.2, 0.25) is 5.88 Å². The first-order chi connectivity index (χ1) is 15.5. The van der Waals surface area contributed by atoms with Crippen molar-refractivity contribution in [3.8, 4) is 28.8 Å². The second-order valence-corrected chi connectivity index (χ2v) is 7.02. The van der Waals surface area contributed by atoms with Crippen molar-refractivity contribution in [1.29, 1.82) is 0 Å². The minimum atomic E-state index is -0.788. The number of hydrogen-bond acceptors (Lipinski definition) is 8. The average molecular weight is 438 g/mol. The Morgan fingerprint density at radius 2 is 1.72 bits per heavy atom. The summed E-state index contributed by atoms with van der Waals surface area (Å²) in [7, 11) is 4.55. The average Bonchev–Trinajstić information content (AvgIpc) is 3.28. The summed E-state index contributed by atoms with van der Waals surface area (Å²) >= 11 is 0. The van der Waals surface area contributed by atoms with Crippen molar-refractivity contribution < 1.29 is 19.3 Å². The van der Waals surface area contributed by atoms with Crippen LogP contribution in [0.25, 0.3) is 5.69 Å². The van der Waals surface area contributed by atoms with E-state index < -0.39 is 17.1 Å². The number of aromatic amines is 1. The number of para-hydroxylation sites is 2. The molecule has 1 aromatic heterocycles. The van der Waals surface area contributed by atoms with E-state index in [0.29, 0.717) is 29.4 Å². The topological polar surface area (TPSA) is 127 Å². The SMILES string of the molecule is COc1ccc([C@H]2CC(c3c(O)n(-c4ccccc4OC)c(=O)[nH]c3=O)=NN2)cc1OC. The fourth-order valence-corrected chi connectivity index (χ4v) is 3.68. The molecule has 10 nitrogen and oxygen atoms in total. The fraction of sp³-hybridized carbons (Fsp3) is 0.227. The molecule has 0 aliphatic carbocycles. The number of aromatic nitrogens is 2. The summed E-state index contributed by atoms with van der Waals surface area (Å²) in [5.74, 6) is 0.994. The summed E-state index contributed by atoms with van der Waals surface area (Å²) in [6, 6.07) is 11.9. The van der Waals surface area contributed by atoms with Crippen molar-refractivity contribution in [3.63, 3.8) is 0 Å². The predicted octanol–water partition coefficient (Wildman–Crippen LogP) is 1.70. The predicted molar refractivity (Wildman–Crippen MR) is 117 cm³/mol. The lowest BCUT2D eigenvalue weighted by molar-refractivity contribution is 0.354. The maximum absolute atomic E-state index is 12.6. The van der Waals surface area contributed by atoms with Crippen LogP contribution in [0.4, 0.5) is 0 Å². The number of aromatic hydroxyl groups is 1. The number of nitrogens with one attached hydrogen (secondary N) is 2. The number of hydrazone groups is 1. The molecule has 10 heteroatoms. The number of rotatable bonds is 6. The van der Waals surface area contributed by atoms with Crippen molar-refractivity contribution in [3.05, 3.63) is 74.4 Å². The molecule has 2 aromatic carbocycles. The molecule has 4 rings (SSSR count). The molecule has 3 aromatic rings. The Morgan fingerprint density at radius 3 is 2.44 bits per heavy atom. The summed E-state index contributed by atoms with van der Waals surface area (Å²) in [4.78, 5) is 27.4. The third-order valence-corrected chi connectivity index (χ3v) is 5.26. The van der Waals surface area contributed by atoms with Gasteiger partial charge in [0.25, 0.3) is 5.56 Å². The lowest BCUT2D eigenvalue weighted by atomic mass is 9.99. The highest BCUT2D eigenvalue weighted by atomic mass is 16.5. The van der Waals surface area contributed by atoms with Crippen LogP contribution in [0.2, 0.25) is 0 Å². The molecule has 0 saturated carbocycles. The molecule has 0 fully saturated rings.